The van der Waals surface area contributed by atoms with Crippen LogP contribution in [-0.2, 0) is 0 Å². The summed E-state index contributed by atoms with van der Waals surface area (Å²) in [6.45, 7) is 11.9. The molecule has 3 N–H and O–H groups in total. The summed E-state index contributed by atoms with van der Waals surface area (Å²) >= 11 is 0. The molecule has 2 saturated carbocycles. The number of rotatable bonds is 7. The standard InChI is InChI=1S/C26H38F6O3/c1-16(8-7-12-24(35,25(27,28)29)26(30,31)32)23(5)13-11-19(22(23,3)4)10-6-9-18-14-20(33)15-21(34)17(18)2/h6,9-10,16,19-21,33-35H,2,7-8,11-15H2,1,3-5H3/b10-6+,18-9+/t16-,19+,20+,21-,23+/m0/s1. The minimum Gasteiger partial charge on any atom is -0.393 e. The Kier molecular flexibility index (Phi) is 8.72. The molecular weight excluding hydrogens is 474 g/mol. The van der Waals surface area contributed by atoms with Crippen molar-refractivity contribution < 1.29 is 41.7 Å². The van der Waals surface area contributed by atoms with Crippen LogP contribution in [0.4, 0.5) is 26.3 Å². The van der Waals surface area contributed by atoms with Crippen LogP contribution >= 0.6 is 0 Å². The van der Waals surface area contributed by atoms with Gasteiger partial charge in [0.25, 0.3) is 5.60 Å². The van der Waals surface area contributed by atoms with E-state index in [9.17, 15) is 41.7 Å². The number of hydrogen-bond donors (Lipinski definition) is 3. The maximum Gasteiger partial charge on any atom is 0.426 e. The second-order valence-electron chi connectivity index (χ2n) is 11.1. The highest BCUT2D eigenvalue weighted by Gasteiger charge is 2.69. The molecule has 0 aromatic carbocycles. The van der Waals surface area contributed by atoms with Gasteiger partial charge in [-0.3, -0.25) is 0 Å². The van der Waals surface area contributed by atoms with Gasteiger partial charge in [0, 0.05) is 6.42 Å². The average Bonchev–Trinajstić information content (AvgIpc) is 2.93. The van der Waals surface area contributed by atoms with Gasteiger partial charge in [-0.15, -0.1) is 0 Å². The lowest BCUT2D eigenvalue weighted by Crippen LogP contribution is -2.56. The van der Waals surface area contributed by atoms with Crippen molar-refractivity contribution in [2.24, 2.45) is 22.7 Å². The molecule has 2 aliphatic carbocycles. The molecule has 202 valence electrons. The first-order valence-corrected chi connectivity index (χ1v) is 12.1. The van der Waals surface area contributed by atoms with Gasteiger partial charge in [0.2, 0.25) is 0 Å². The summed E-state index contributed by atoms with van der Waals surface area (Å²) in [7, 11) is 0. The topological polar surface area (TPSA) is 60.7 Å². The summed E-state index contributed by atoms with van der Waals surface area (Å²) < 4.78 is 77.9. The Morgan fingerprint density at radius 1 is 1.09 bits per heavy atom. The molecule has 35 heavy (non-hydrogen) atoms. The van der Waals surface area contributed by atoms with Crippen LogP contribution in [0.15, 0.2) is 36.0 Å². The van der Waals surface area contributed by atoms with E-state index < -0.39 is 43.0 Å². The Morgan fingerprint density at radius 2 is 1.66 bits per heavy atom. The molecule has 5 atom stereocenters. The van der Waals surface area contributed by atoms with Crippen molar-refractivity contribution >= 4 is 0 Å². The minimum absolute atomic E-state index is 0.126. The van der Waals surface area contributed by atoms with Gasteiger partial charge in [0.15, 0.2) is 0 Å². The van der Waals surface area contributed by atoms with Crippen LogP contribution in [0, 0.1) is 22.7 Å². The molecule has 0 radical (unpaired) electrons. The van der Waals surface area contributed by atoms with Crippen LogP contribution in [0.2, 0.25) is 0 Å². The van der Waals surface area contributed by atoms with Crippen LogP contribution in [0.1, 0.15) is 72.6 Å². The second-order valence-corrected chi connectivity index (χ2v) is 11.1. The number of halogens is 6. The lowest BCUT2D eigenvalue weighted by atomic mass is 9.59. The van der Waals surface area contributed by atoms with Crippen LogP contribution in [-0.4, -0.2) is 45.5 Å². The van der Waals surface area contributed by atoms with Crippen molar-refractivity contribution in [3.63, 3.8) is 0 Å². The zero-order valence-corrected chi connectivity index (χ0v) is 20.8. The number of alkyl halides is 6. The van der Waals surface area contributed by atoms with Gasteiger partial charge in [0.1, 0.15) is 0 Å². The first kappa shape index (κ1) is 29.9. The third kappa shape index (κ3) is 5.82. The fourth-order valence-electron chi connectivity index (χ4n) is 5.77. The van der Waals surface area contributed by atoms with E-state index in [1.165, 1.54) is 0 Å². The van der Waals surface area contributed by atoms with Gasteiger partial charge in [-0.2, -0.15) is 26.3 Å². The van der Waals surface area contributed by atoms with Crippen LogP contribution < -0.4 is 0 Å². The highest BCUT2D eigenvalue weighted by Crippen LogP contribution is 2.61. The van der Waals surface area contributed by atoms with Gasteiger partial charge in [-0.25, -0.2) is 0 Å². The van der Waals surface area contributed by atoms with E-state index in [2.05, 4.69) is 20.4 Å². The van der Waals surface area contributed by atoms with E-state index in [0.717, 1.165) is 18.4 Å². The smallest absolute Gasteiger partial charge is 0.393 e. The van der Waals surface area contributed by atoms with Gasteiger partial charge in [-0.05, 0) is 65.9 Å². The lowest BCUT2D eigenvalue weighted by Gasteiger charge is -2.46. The van der Waals surface area contributed by atoms with Crippen molar-refractivity contribution in [3.05, 3.63) is 36.0 Å². The highest BCUT2D eigenvalue weighted by atomic mass is 19.4. The molecule has 0 aliphatic heterocycles. The fraction of sp³-hybridized carbons (Fsp3) is 0.769. The summed E-state index contributed by atoms with van der Waals surface area (Å²) in [5.41, 5.74) is -3.95. The van der Waals surface area contributed by atoms with Crippen LogP contribution in [0.3, 0.4) is 0 Å². The Balaban J connectivity index is 2.08. The van der Waals surface area contributed by atoms with E-state index in [1.54, 1.807) is 0 Å². The molecule has 9 heteroatoms. The van der Waals surface area contributed by atoms with Crippen molar-refractivity contribution in [1.29, 1.82) is 0 Å². The van der Waals surface area contributed by atoms with Gasteiger partial charge in [-0.1, -0.05) is 58.9 Å². The second kappa shape index (κ2) is 10.2. The quantitative estimate of drug-likeness (QED) is 0.335. The van der Waals surface area contributed by atoms with E-state index in [1.807, 2.05) is 32.1 Å². The Morgan fingerprint density at radius 3 is 2.20 bits per heavy atom. The average molecular weight is 513 g/mol. The van der Waals surface area contributed by atoms with Crippen molar-refractivity contribution in [2.75, 3.05) is 0 Å². The SMILES string of the molecule is C=C1/C(=C/C=C/[C@@H]2CC[C@](C)([C@@H](C)CCCC(O)(C(F)(F)F)C(F)(F)F)C2(C)C)C[C@@H](O)C[C@@H]1O. The molecule has 0 amide bonds. The molecule has 0 aromatic heterocycles. The molecule has 0 unspecified atom stereocenters. The zero-order valence-electron chi connectivity index (χ0n) is 20.8. The van der Waals surface area contributed by atoms with Crippen molar-refractivity contribution in [3.8, 4) is 0 Å². The lowest BCUT2D eigenvalue weighted by molar-refractivity contribution is -0.370. The largest absolute Gasteiger partial charge is 0.426 e. The number of hydrogen-bond acceptors (Lipinski definition) is 3. The zero-order chi connectivity index (χ0) is 27.0. The first-order valence-electron chi connectivity index (χ1n) is 12.1. The molecule has 0 aromatic rings. The van der Waals surface area contributed by atoms with Gasteiger partial charge in [0.05, 0.1) is 12.2 Å². The van der Waals surface area contributed by atoms with E-state index in [4.69, 9.17) is 0 Å². The molecular formula is C26H38F6O3. The first-order chi connectivity index (χ1) is 15.8. The molecule has 2 rings (SSSR count). The van der Waals surface area contributed by atoms with Gasteiger partial charge < -0.3 is 15.3 Å². The predicted octanol–water partition coefficient (Wildman–Crippen LogP) is 6.65. The van der Waals surface area contributed by atoms with E-state index in [-0.39, 0.29) is 35.5 Å². The third-order valence-electron chi connectivity index (χ3n) is 8.98. The summed E-state index contributed by atoms with van der Waals surface area (Å²) in [4.78, 5) is 0. The predicted molar refractivity (Wildman–Crippen MR) is 122 cm³/mol. The monoisotopic (exact) mass is 512 g/mol. The minimum atomic E-state index is -5.79. The summed E-state index contributed by atoms with van der Waals surface area (Å²) in [6.07, 6.45) is -6.68. The number of aliphatic hydroxyl groups excluding tert-OH is 2. The number of allylic oxidation sites excluding steroid dienone is 3. The normalized spacial score (nSPS) is 32.5. The third-order valence-corrected chi connectivity index (χ3v) is 8.98. The Bertz CT molecular complexity index is 812. The highest BCUT2D eigenvalue weighted by molar-refractivity contribution is 5.37. The molecule has 2 aliphatic rings. The van der Waals surface area contributed by atoms with Crippen LogP contribution in [0.5, 0.6) is 0 Å². The molecule has 2 fully saturated rings. The molecule has 0 saturated heterocycles. The Labute approximate surface area is 203 Å². The maximum atomic E-state index is 13.0. The Hall–Kier alpha value is -1.32. The van der Waals surface area contributed by atoms with Crippen LogP contribution in [0.25, 0.3) is 0 Å². The fourth-order valence-corrected chi connectivity index (χ4v) is 5.77. The van der Waals surface area contributed by atoms with Crippen molar-refractivity contribution in [2.45, 2.75) is 103 Å². The molecule has 0 spiro atoms. The number of aliphatic hydroxyl groups is 3. The maximum absolute atomic E-state index is 13.0. The summed E-state index contributed by atoms with van der Waals surface area (Å²) in [5, 5.41) is 29.3. The van der Waals surface area contributed by atoms with Gasteiger partial charge >= 0.3 is 12.4 Å². The summed E-state index contributed by atoms with van der Waals surface area (Å²) in [5.74, 6) is -0.0378. The van der Waals surface area contributed by atoms with E-state index >= 15 is 0 Å². The molecule has 0 bridgehead atoms. The molecule has 3 nitrogen and oxygen atoms in total. The molecule has 0 heterocycles. The van der Waals surface area contributed by atoms with E-state index in [0.29, 0.717) is 12.0 Å². The van der Waals surface area contributed by atoms with Crippen molar-refractivity contribution in [1.82, 2.24) is 0 Å². The summed E-state index contributed by atoms with van der Waals surface area (Å²) in [6, 6.07) is 0.